The van der Waals surface area contributed by atoms with Crippen molar-refractivity contribution in [1.82, 2.24) is 5.32 Å². The van der Waals surface area contributed by atoms with E-state index in [2.05, 4.69) is 17.6 Å². The van der Waals surface area contributed by atoms with E-state index in [9.17, 15) is 18.0 Å². The average Bonchev–Trinajstić information content (AvgIpc) is 2.46. The summed E-state index contributed by atoms with van der Waals surface area (Å²) in [5.41, 5.74) is -0.585. The van der Waals surface area contributed by atoms with E-state index in [1.807, 2.05) is 0 Å². The molecule has 1 fully saturated rings. The Hall–Kier alpha value is -1.56. The van der Waals surface area contributed by atoms with E-state index in [4.69, 9.17) is 0 Å². The Morgan fingerprint density at radius 1 is 1.43 bits per heavy atom. The zero-order valence-electron chi connectivity index (χ0n) is 11.8. The van der Waals surface area contributed by atoms with Crippen LogP contribution in [0, 0.1) is 5.92 Å². The molecule has 116 valence electrons. The number of rotatable bonds is 3. The van der Waals surface area contributed by atoms with Gasteiger partial charge >= 0.3 is 6.18 Å². The molecule has 0 aromatic heterocycles. The van der Waals surface area contributed by atoms with E-state index in [0.29, 0.717) is 5.92 Å². The van der Waals surface area contributed by atoms with Gasteiger partial charge < -0.3 is 10.6 Å². The summed E-state index contributed by atoms with van der Waals surface area (Å²) in [5, 5.41) is 5.68. The highest BCUT2D eigenvalue weighted by atomic mass is 19.4. The van der Waals surface area contributed by atoms with E-state index in [1.165, 1.54) is 12.1 Å². The monoisotopic (exact) mass is 300 g/mol. The van der Waals surface area contributed by atoms with Crippen molar-refractivity contribution < 1.29 is 18.0 Å². The molecule has 3 nitrogen and oxygen atoms in total. The van der Waals surface area contributed by atoms with Crippen molar-refractivity contribution >= 4 is 11.6 Å². The highest BCUT2D eigenvalue weighted by molar-refractivity contribution is 5.95. The molecule has 2 atom stereocenters. The molecule has 1 heterocycles. The Morgan fingerprint density at radius 3 is 2.86 bits per heavy atom. The molecule has 0 spiro atoms. The molecule has 2 unspecified atom stereocenters. The SMILES string of the molecule is CCC1CCNC(C(=O)Nc2cccc(C(F)(F)F)c2)C1. The van der Waals surface area contributed by atoms with Crippen molar-refractivity contribution in [2.45, 2.75) is 38.4 Å². The van der Waals surface area contributed by atoms with Gasteiger partial charge in [-0.1, -0.05) is 19.4 Å². The maximum absolute atomic E-state index is 12.6. The number of nitrogens with one attached hydrogen (secondary N) is 2. The maximum atomic E-state index is 12.6. The summed E-state index contributed by atoms with van der Waals surface area (Å²) < 4.78 is 37.9. The lowest BCUT2D eigenvalue weighted by Crippen LogP contribution is -2.46. The fourth-order valence-electron chi connectivity index (χ4n) is 2.57. The van der Waals surface area contributed by atoms with E-state index in [1.54, 1.807) is 0 Å². The molecule has 1 saturated heterocycles. The van der Waals surface area contributed by atoms with Crippen LogP contribution in [0.1, 0.15) is 31.7 Å². The first kappa shape index (κ1) is 15.8. The van der Waals surface area contributed by atoms with Crippen molar-refractivity contribution in [3.8, 4) is 0 Å². The standard InChI is InChI=1S/C15H19F3N2O/c1-2-10-6-7-19-13(8-10)14(21)20-12-5-3-4-11(9-12)15(16,17)18/h3-5,9-10,13,19H,2,6-8H2,1H3,(H,20,21). The third kappa shape index (κ3) is 4.20. The topological polar surface area (TPSA) is 41.1 Å². The lowest BCUT2D eigenvalue weighted by Gasteiger charge is -2.28. The quantitative estimate of drug-likeness (QED) is 0.898. The predicted octanol–water partition coefficient (Wildman–Crippen LogP) is 3.42. The number of halogens is 3. The lowest BCUT2D eigenvalue weighted by molar-refractivity contribution is -0.137. The highest BCUT2D eigenvalue weighted by Gasteiger charge is 2.31. The molecule has 2 rings (SSSR count). The van der Waals surface area contributed by atoms with E-state index in [0.717, 1.165) is 37.9 Å². The smallest absolute Gasteiger partial charge is 0.325 e. The van der Waals surface area contributed by atoms with Gasteiger partial charge in [-0.25, -0.2) is 0 Å². The second kappa shape index (κ2) is 6.47. The number of piperidine rings is 1. The Bertz CT molecular complexity index is 502. The Kier molecular flexibility index (Phi) is 4.88. The Balaban J connectivity index is 2.02. The van der Waals surface area contributed by atoms with Gasteiger partial charge in [-0.3, -0.25) is 4.79 Å². The van der Waals surface area contributed by atoms with Crippen molar-refractivity contribution in [1.29, 1.82) is 0 Å². The molecule has 0 radical (unpaired) electrons. The zero-order valence-corrected chi connectivity index (χ0v) is 11.8. The summed E-state index contributed by atoms with van der Waals surface area (Å²) in [6.45, 7) is 2.84. The molecular formula is C15H19F3N2O. The molecule has 2 N–H and O–H groups in total. The van der Waals surface area contributed by atoms with Crippen molar-refractivity contribution in [2.75, 3.05) is 11.9 Å². The van der Waals surface area contributed by atoms with Crippen molar-refractivity contribution in [2.24, 2.45) is 5.92 Å². The second-order valence-electron chi connectivity index (χ2n) is 5.37. The van der Waals surface area contributed by atoms with Crippen LogP contribution in [0.2, 0.25) is 0 Å². The molecular weight excluding hydrogens is 281 g/mol. The number of anilines is 1. The number of hydrogen-bond acceptors (Lipinski definition) is 2. The van der Waals surface area contributed by atoms with Crippen molar-refractivity contribution in [3.05, 3.63) is 29.8 Å². The van der Waals surface area contributed by atoms with Crippen LogP contribution in [0.5, 0.6) is 0 Å². The van der Waals surface area contributed by atoms with Gasteiger partial charge in [0, 0.05) is 5.69 Å². The highest BCUT2D eigenvalue weighted by Crippen LogP contribution is 2.30. The lowest BCUT2D eigenvalue weighted by atomic mass is 9.90. The summed E-state index contributed by atoms with van der Waals surface area (Å²) >= 11 is 0. The minimum absolute atomic E-state index is 0.176. The number of amides is 1. The first-order valence-electron chi connectivity index (χ1n) is 7.11. The number of benzene rings is 1. The van der Waals surface area contributed by atoms with Gasteiger partial charge in [0.05, 0.1) is 11.6 Å². The van der Waals surface area contributed by atoms with Crippen LogP contribution < -0.4 is 10.6 Å². The number of alkyl halides is 3. The minimum atomic E-state index is -4.41. The summed E-state index contributed by atoms with van der Waals surface area (Å²) in [6, 6.07) is 4.37. The summed E-state index contributed by atoms with van der Waals surface area (Å²) in [4.78, 5) is 12.1. The molecule has 6 heteroatoms. The summed E-state index contributed by atoms with van der Waals surface area (Å²) in [6.07, 6.45) is -1.64. The first-order valence-corrected chi connectivity index (χ1v) is 7.11. The van der Waals surface area contributed by atoms with E-state index in [-0.39, 0.29) is 17.6 Å². The van der Waals surface area contributed by atoms with Gasteiger partial charge in [-0.2, -0.15) is 13.2 Å². The molecule has 1 aliphatic heterocycles. The fourth-order valence-corrected chi connectivity index (χ4v) is 2.57. The van der Waals surface area contributed by atoms with Gasteiger partial charge in [0.25, 0.3) is 0 Å². The molecule has 21 heavy (non-hydrogen) atoms. The molecule has 1 aromatic rings. The Morgan fingerprint density at radius 2 is 2.19 bits per heavy atom. The van der Waals surface area contributed by atoms with Crippen LogP contribution in [-0.4, -0.2) is 18.5 Å². The third-order valence-electron chi connectivity index (χ3n) is 3.86. The van der Waals surface area contributed by atoms with Gasteiger partial charge in [0.2, 0.25) is 5.91 Å². The van der Waals surface area contributed by atoms with Gasteiger partial charge in [0.15, 0.2) is 0 Å². The maximum Gasteiger partial charge on any atom is 0.416 e. The number of carbonyl (C=O) groups excluding carboxylic acids is 1. The molecule has 0 saturated carbocycles. The molecule has 0 bridgehead atoms. The molecule has 0 aliphatic carbocycles. The van der Waals surface area contributed by atoms with Crippen LogP contribution in [0.4, 0.5) is 18.9 Å². The summed E-state index contributed by atoms with van der Waals surface area (Å²) in [7, 11) is 0. The van der Waals surface area contributed by atoms with Crippen LogP contribution in [0.3, 0.4) is 0 Å². The van der Waals surface area contributed by atoms with E-state index < -0.39 is 11.7 Å². The zero-order chi connectivity index (χ0) is 15.5. The normalized spacial score (nSPS) is 22.9. The third-order valence-corrected chi connectivity index (χ3v) is 3.86. The average molecular weight is 300 g/mol. The number of hydrogen-bond donors (Lipinski definition) is 2. The van der Waals surface area contributed by atoms with Crippen LogP contribution in [0.15, 0.2) is 24.3 Å². The minimum Gasteiger partial charge on any atom is -0.325 e. The predicted molar refractivity (Wildman–Crippen MR) is 74.9 cm³/mol. The van der Waals surface area contributed by atoms with Crippen LogP contribution >= 0.6 is 0 Å². The van der Waals surface area contributed by atoms with Crippen LogP contribution in [0.25, 0.3) is 0 Å². The summed E-state index contributed by atoms with van der Waals surface area (Å²) in [5.74, 6) is 0.219. The van der Waals surface area contributed by atoms with Crippen LogP contribution in [-0.2, 0) is 11.0 Å². The molecule has 1 aromatic carbocycles. The van der Waals surface area contributed by atoms with Crippen molar-refractivity contribution in [3.63, 3.8) is 0 Å². The largest absolute Gasteiger partial charge is 0.416 e. The fraction of sp³-hybridized carbons (Fsp3) is 0.533. The first-order chi connectivity index (χ1) is 9.90. The van der Waals surface area contributed by atoms with Gasteiger partial charge in [-0.05, 0) is 43.5 Å². The van der Waals surface area contributed by atoms with Gasteiger partial charge in [-0.15, -0.1) is 0 Å². The molecule has 1 aliphatic rings. The van der Waals surface area contributed by atoms with E-state index >= 15 is 0 Å². The second-order valence-corrected chi connectivity index (χ2v) is 5.37. The van der Waals surface area contributed by atoms with Gasteiger partial charge in [0.1, 0.15) is 0 Å². The number of carbonyl (C=O) groups is 1. The Labute approximate surface area is 121 Å². The molecule has 1 amide bonds.